The highest BCUT2D eigenvalue weighted by Crippen LogP contribution is 2.12. The third-order valence-electron chi connectivity index (χ3n) is 2.90. The molecule has 4 nitrogen and oxygen atoms in total. The highest BCUT2D eigenvalue weighted by atomic mass is 79.9. The van der Waals surface area contributed by atoms with Crippen molar-refractivity contribution < 1.29 is 4.79 Å². The van der Waals surface area contributed by atoms with Crippen LogP contribution in [0.5, 0.6) is 0 Å². The summed E-state index contributed by atoms with van der Waals surface area (Å²) in [5, 5.41) is 7.26. The van der Waals surface area contributed by atoms with Gasteiger partial charge in [-0.1, -0.05) is 22.0 Å². The second-order valence-electron chi connectivity index (χ2n) is 4.29. The maximum atomic E-state index is 12.0. The lowest BCUT2D eigenvalue weighted by Crippen LogP contribution is -2.22. The first-order valence-electron chi connectivity index (χ1n) is 6.17. The largest absolute Gasteiger partial charge is 0.348 e. The van der Waals surface area contributed by atoms with Gasteiger partial charge in [0.2, 0.25) is 0 Å². The number of benzene rings is 1. The summed E-state index contributed by atoms with van der Waals surface area (Å²) in [4.78, 5) is 12.0. The molecule has 0 radical (unpaired) electrons. The van der Waals surface area contributed by atoms with Gasteiger partial charge in [0.1, 0.15) is 0 Å². The molecule has 0 aliphatic heterocycles. The zero-order valence-corrected chi connectivity index (χ0v) is 12.6. The van der Waals surface area contributed by atoms with Crippen molar-refractivity contribution in [3.8, 4) is 0 Å². The van der Waals surface area contributed by atoms with Gasteiger partial charge in [-0.3, -0.25) is 9.48 Å². The van der Waals surface area contributed by atoms with E-state index in [0.717, 1.165) is 22.3 Å². The Bertz CT molecular complexity index is 592. The molecule has 0 saturated heterocycles. The van der Waals surface area contributed by atoms with E-state index in [1.807, 2.05) is 36.9 Å². The highest BCUT2D eigenvalue weighted by molar-refractivity contribution is 9.10. The van der Waals surface area contributed by atoms with Crippen LogP contribution in [0.2, 0.25) is 0 Å². The van der Waals surface area contributed by atoms with Gasteiger partial charge < -0.3 is 5.32 Å². The van der Waals surface area contributed by atoms with Crippen molar-refractivity contribution in [3.05, 3.63) is 51.8 Å². The van der Waals surface area contributed by atoms with Crippen molar-refractivity contribution >= 4 is 21.8 Å². The number of halogens is 1. The minimum atomic E-state index is -0.0788. The van der Waals surface area contributed by atoms with Gasteiger partial charge in [-0.05, 0) is 32.0 Å². The van der Waals surface area contributed by atoms with Gasteiger partial charge in [0.25, 0.3) is 5.91 Å². The van der Waals surface area contributed by atoms with E-state index in [4.69, 9.17) is 0 Å². The van der Waals surface area contributed by atoms with Crippen molar-refractivity contribution in [1.82, 2.24) is 15.1 Å². The molecule has 5 heteroatoms. The topological polar surface area (TPSA) is 46.9 Å². The lowest BCUT2D eigenvalue weighted by molar-refractivity contribution is 0.0951. The van der Waals surface area contributed by atoms with Gasteiger partial charge in [-0.2, -0.15) is 5.10 Å². The fraction of sp³-hybridized carbons (Fsp3) is 0.286. The Morgan fingerprint density at radius 3 is 2.89 bits per heavy atom. The molecular weight excluding hydrogens is 306 g/mol. The van der Waals surface area contributed by atoms with Crippen molar-refractivity contribution in [3.63, 3.8) is 0 Å². The van der Waals surface area contributed by atoms with Gasteiger partial charge in [-0.15, -0.1) is 0 Å². The van der Waals surface area contributed by atoms with Crippen LogP contribution < -0.4 is 5.32 Å². The monoisotopic (exact) mass is 321 g/mol. The summed E-state index contributed by atoms with van der Waals surface area (Å²) in [6, 6.07) is 7.34. The zero-order chi connectivity index (χ0) is 13.8. The SMILES string of the molecule is CCn1cc(CNC(=O)c2cccc(Br)c2)c(C)n1. The molecule has 1 aromatic carbocycles. The molecule has 0 aliphatic rings. The minimum absolute atomic E-state index is 0.0788. The Balaban J connectivity index is 2.02. The molecule has 2 aromatic rings. The van der Waals surface area contributed by atoms with E-state index in [-0.39, 0.29) is 5.91 Å². The van der Waals surface area contributed by atoms with E-state index in [1.54, 1.807) is 12.1 Å². The second kappa shape index (κ2) is 6.02. The Labute approximate surface area is 120 Å². The fourth-order valence-electron chi connectivity index (χ4n) is 1.80. The minimum Gasteiger partial charge on any atom is -0.348 e. The molecule has 0 spiro atoms. The Hall–Kier alpha value is -1.62. The van der Waals surface area contributed by atoms with E-state index in [1.165, 1.54) is 0 Å². The summed E-state index contributed by atoms with van der Waals surface area (Å²) in [5.74, 6) is -0.0788. The molecule has 1 N–H and O–H groups in total. The van der Waals surface area contributed by atoms with E-state index in [9.17, 15) is 4.79 Å². The number of carbonyl (C=O) groups excluding carboxylic acids is 1. The summed E-state index contributed by atoms with van der Waals surface area (Å²) in [6.45, 7) is 5.32. The first-order valence-corrected chi connectivity index (χ1v) is 6.96. The number of amides is 1. The van der Waals surface area contributed by atoms with Crippen LogP contribution >= 0.6 is 15.9 Å². The molecule has 1 amide bonds. The molecule has 0 atom stereocenters. The maximum Gasteiger partial charge on any atom is 0.251 e. The van der Waals surface area contributed by atoms with Crippen LogP contribution in [0.4, 0.5) is 0 Å². The normalized spacial score (nSPS) is 10.5. The number of aryl methyl sites for hydroxylation is 2. The number of carbonyl (C=O) groups is 1. The third kappa shape index (κ3) is 3.44. The molecule has 0 saturated carbocycles. The molecule has 0 unspecified atom stereocenters. The number of hydrogen-bond donors (Lipinski definition) is 1. The summed E-state index contributed by atoms with van der Waals surface area (Å²) in [7, 11) is 0. The average molecular weight is 322 g/mol. The fourth-order valence-corrected chi connectivity index (χ4v) is 2.20. The predicted molar refractivity (Wildman–Crippen MR) is 78.0 cm³/mol. The highest BCUT2D eigenvalue weighted by Gasteiger charge is 2.08. The van der Waals surface area contributed by atoms with Crippen LogP contribution in [0, 0.1) is 6.92 Å². The first kappa shape index (κ1) is 13.8. The van der Waals surface area contributed by atoms with E-state index in [2.05, 4.69) is 26.3 Å². The lowest BCUT2D eigenvalue weighted by Gasteiger charge is -2.04. The Morgan fingerprint density at radius 1 is 1.47 bits per heavy atom. The van der Waals surface area contributed by atoms with Crippen LogP contribution in [0.1, 0.15) is 28.5 Å². The van der Waals surface area contributed by atoms with E-state index in [0.29, 0.717) is 12.1 Å². The van der Waals surface area contributed by atoms with Crippen LogP contribution in [0.3, 0.4) is 0 Å². The van der Waals surface area contributed by atoms with Gasteiger partial charge in [0.05, 0.1) is 5.69 Å². The molecule has 1 heterocycles. The number of aromatic nitrogens is 2. The van der Waals surface area contributed by atoms with E-state index < -0.39 is 0 Å². The number of hydrogen-bond acceptors (Lipinski definition) is 2. The summed E-state index contributed by atoms with van der Waals surface area (Å²) in [6.07, 6.45) is 1.97. The average Bonchev–Trinajstić information content (AvgIpc) is 2.76. The molecular formula is C14H16BrN3O. The van der Waals surface area contributed by atoms with Gasteiger partial charge >= 0.3 is 0 Å². The van der Waals surface area contributed by atoms with Crippen LogP contribution in [-0.4, -0.2) is 15.7 Å². The van der Waals surface area contributed by atoms with Crippen molar-refractivity contribution in [2.45, 2.75) is 26.9 Å². The second-order valence-corrected chi connectivity index (χ2v) is 5.20. The molecule has 100 valence electrons. The summed E-state index contributed by atoms with van der Waals surface area (Å²) in [5.41, 5.74) is 2.65. The lowest BCUT2D eigenvalue weighted by atomic mass is 10.2. The Morgan fingerprint density at radius 2 is 2.26 bits per heavy atom. The molecule has 2 rings (SSSR count). The van der Waals surface area contributed by atoms with Crippen molar-refractivity contribution in [1.29, 1.82) is 0 Å². The summed E-state index contributed by atoms with van der Waals surface area (Å²) >= 11 is 3.36. The number of rotatable bonds is 4. The summed E-state index contributed by atoms with van der Waals surface area (Å²) < 4.78 is 2.77. The smallest absolute Gasteiger partial charge is 0.251 e. The zero-order valence-electron chi connectivity index (χ0n) is 11.0. The standard InChI is InChI=1S/C14H16BrN3O/c1-3-18-9-12(10(2)17-18)8-16-14(19)11-5-4-6-13(15)7-11/h4-7,9H,3,8H2,1-2H3,(H,16,19). The van der Waals surface area contributed by atoms with Crippen molar-refractivity contribution in [2.75, 3.05) is 0 Å². The van der Waals surface area contributed by atoms with Crippen LogP contribution in [0.15, 0.2) is 34.9 Å². The van der Waals surface area contributed by atoms with Crippen molar-refractivity contribution in [2.24, 2.45) is 0 Å². The molecule has 19 heavy (non-hydrogen) atoms. The van der Waals surface area contributed by atoms with Gasteiger partial charge in [-0.25, -0.2) is 0 Å². The first-order chi connectivity index (χ1) is 9.10. The maximum absolute atomic E-state index is 12.0. The molecule has 0 aliphatic carbocycles. The van der Waals surface area contributed by atoms with Gasteiger partial charge in [0, 0.05) is 34.9 Å². The quantitative estimate of drug-likeness (QED) is 0.941. The predicted octanol–water partition coefficient (Wildman–Crippen LogP) is 2.90. The molecule has 0 bridgehead atoms. The molecule has 0 fully saturated rings. The molecule has 1 aromatic heterocycles. The van der Waals surface area contributed by atoms with Crippen LogP contribution in [-0.2, 0) is 13.1 Å². The number of nitrogens with one attached hydrogen (secondary N) is 1. The van der Waals surface area contributed by atoms with Gasteiger partial charge in [0.15, 0.2) is 0 Å². The third-order valence-corrected chi connectivity index (χ3v) is 3.39. The Kier molecular flexibility index (Phi) is 4.37. The van der Waals surface area contributed by atoms with Crippen LogP contribution in [0.25, 0.3) is 0 Å². The number of nitrogens with zero attached hydrogens (tertiary/aromatic N) is 2. The van der Waals surface area contributed by atoms with E-state index >= 15 is 0 Å².